The molecule has 1 atom stereocenters. The number of hydrogen-bond donors (Lipinski definition) is 2. The topological polar surface area (TPSA) is 50.4 Å². The minimum Gasteiger partial charge on any atom is -0.378 e. The second-order valence-electron chi connectivity index (χ2n) is 6.52. The molecule has 122 valence electrons. The number of ether oxygens (including phenoxy) is 1. The van der Waals surface area contributed by atoms with E-state index in [1.165, 1.54) is 51.4 Å². The summed E-state index contributed by atoms with van der Waals surface area (Å²) in [5.41, 5.74) is 0. The number of carbonyl (C=O) groups is 1. The molecule has 21 heavy (non-hydrogen) atoms. The Morgan fingerprint density at radius 1 is 1.10 bits per heavy atom. The molecule has 1 unspecified atom stereocenters. The summed E-state index contributed by atoms with van der Waals surface area (Å²) in [6, 6.07) is 0.555. The predicted octanol–water partition coefficient (Wildman–Crippen LogP) is 2.76. The molecule has 1 aliphatic heterocycles. The van der Waals surface area contributed by atoms with Crippen LogP contribution in [0.25, 0.3) is 0 Å². The number of nitrogens with one attached hydrogen (secondary N) is 2. The number of piperidine rings is 1. The monoisotopic (exact) mass is 296 g/mol. The van der Waals surface area contributed by atoms with Crippen molar-refractivity contribution in [3.05, 3.63) is 0 Å². The van der Waals surface area contributed by atoms with Crippen LogP contribution in [0.1, 0.15) is 70.6 Å². The predicted molar refractivity (Wildman–Crippen MR) is 85.3 cm³/mol. The summed E-state index contributed by atoms with van der Waals surface area (Å²) in [6.45, 7) is 2.66. The van der Waals surface area contributed by atoms with Crippen LogP contribution in [0.3, 0.4) is 0 Å². The largest absolute Gasteiger partial charge is 0.378 e. The first-order chi connectivity index (χ1) is 10.3. The van der Waals surface area contributed by atoms with Crippen LogP contribution in [0.4, 0.5) is 0 Å². The molecular weight excluding hydrogens is 264 g/mol. The molecule has 0 aromatic heterocycles. The highest BCUT2D eigenvalue weighted by molar-refractivity contribution is 5.75. The van der Waals surface area contributed by atoms with E-state index in [2.05, 4.69) is 10.6 Å². The molecule has 0 radical (unpaired) electrons. The number of amides is 1. The Kier molecular flexibility index (Phi) is 8.12. The molecule has 4 nitrogen and oxygen atoms in total. The van der Waals surface area contributed by atoms with E-state index >= 15 is 0 Å². The van der Waals surface area contributed by atoms with Gasteiger partial charge in [0.2, 0.25) is 5.91 Å². The Hall–Kier alpha value is -0.610. The lowest BCUT2D eigenvalue weighted by atomic mass is 9.98. The first kappa shape index (κ1) is 16.8. The minimum absolute atomic E-state index is 0.194. The van der Waals surface area contributed by atoms with Crippen LogP contribution in [0, 0.1) is 0 Å². The van der Waals surface area contributed by atoms with Crippen molar-refractivity contribution in [1.82, 2.24) is 10.6 Å². The van der Waals surface area contributed by atoms with Crippen LogP contribution in [0.2, 0.25) is 0 Å². The Labute approximate surface area is 129 Å². The maximum atomic E-state index is 11.8. The van der Waals surface area contributed by atoms with Gasteiger partial charge in [0.1, 0.15) is 0 Å². The summed E-state index contributed by atoms with van der Waals surface area (Å²) in [5.74, 6) is 0.194. The molecule has 2 rings (SSSR count). The van der Waals surface area contributed by atoms with Crippen LogP contribution in [-0.2, 0) is 9.53 Å². The molecular formula is C17H32N2O2. The zero-order valence-corrected chi connectivity index (χ0v) is 13.4. The molecule has 1 aliphatic carbocycles. The Morgan fingerprint density at radius 3 is 2.67 bits per heavy atom. The van der Waals surface area contributed by atoms with E-state index in [4.69, 9.17) is 4.74 Å². The van der Waals surface area contributed by atoms with E-state index in [1.54, 1.807) is 0 Å². The quantitative estimate of drug-likeness (QED) is 0.677. The zero-order valence-electron chi connectivity index (χ0n) is 13.4. The summed E-state index contributed by atoms with van der Waals surface area (Å²) in [5, 5.41) is 6.50. The summed E-state index contributed by atoms with van der Waals surface area (Å²) in [6.07, 6.45) is 13.3. The van der Waals surface area contributed by atoms with Gasteiger partial charge < -0.3 is 15.4 Å². The van der Waals surface area contributed by atoms with Gasteiger partial charge in [-0.1, -0.05) is 25.7 Å². The average Bonchev–Trinajstić information content (AvgIpc) is 2.54. The van der Waals surface area contributed by atoms with E-state index in [0.717, 1.165) is 32.5 Å². The van der Waals surface area contributed by atoms with Gasteiger partial charge in [0, 0.05) is 25.6 Å². The van der Waals surface area contributed by atoms with Crippen molar-refractivity contribution < 1.29 is 9.53 Å². The molecule has 2 fully saturated rings. The Morgan fingerprint density at radius 2 is 1.90 bits per heavy atom. The van der Waals surface area contributed by atoms with Crippen molar-refractivity contribution in [2.75, 3.05) is 19.7 Å². The molecule has 1 heterocycles. The van der Waals surface area contributed by atoms with Crippen LogP contribution in [0.5, 0.6) is 0 Å². The lowest BCUT2D eigenvalue weighted by Gasteiger charge is -2.23. The van der Waals surface area contributed by atoms with E-state index < -0.39 is 0 Å². The van der Waals surface area contributed by atoms with Gasteiger partial charge in [-0.25, -0.2) is 0 Å². The standard InChI is InChI=1S/C17H32N2O2/c20-17(11-10-15-7-4-5-12-18-15)19-13-6-14-21-16-8-2-1-3-9-16/h15-16,18H,1-14H2,(H,19,20). The van der Waals surface area contributed by atoms with Crippen molar-refractivity contribution in [2.45, 2.75) is 82.8 Å². The summed E-state index contributed by atoms with van der Waals surface area (Å²) in [7, 11) is 0. The van der Waals surface area contributed by atoms with Gasteiger partial charge in [-0.05, 0) is 45.1 Å². The van der Waals surface area contributed by atoms with E-state index in [0.29, 0.717) is 18.6 Å². The number of carbonyl (C=O) groups excluding carboxylic acids is 1. The molecule has 0 bridgehead atoms. The van der Waals surface area contributed by atoms with Gasteiger partial charge in [0.15, 0.2) is 0 Å². The van der Waals surface area contributed by atoms with Crippen molar-refractivity contribution in [1.29, 1.82) is 0 Å². The zero-order chi connectivity index (χ0) is 14.8. The maximum Gasteiger partial charge on any atom is 0.220 e. The molecule has 2 aliphatic rings. The Balaban J connectivity index is 1.41. The fourth-order valence-corrected chi connectivity index (χ4v) is 3.35. The van der Waals surface area contributed by atoms with Gasteiger partial charge in [-0.15, -0.1) is 0 Å². The Bertz CT molecular complexity index is 285. The molecule has 2 N–H and O–H groups in total. The highest BCUT2D eigenvalue weighted by Crippen LogP contribution is 2.20. The molecule has 0 aromatic rings. The molecule has 1 saturated heterocycles. The van der Waals surface area contributed by atoms with E-state index in [-0.39, 0.29) is 5.91 Å². The van der Waals surface area contributed by atoms with Crippen LogP contribution < -0.4 is 10.6 Å². The van der Waals surface area contributed by atoms with Crippen LogP contribution in [0.15, 0.2) is 0 Å². The fourth-order valence-electron chi connectivity index (χ4n) is 3.35. The van der Waals surface area contributed by atoms with Crippen LogP contribution in [-0.4, -0.2) is 37.7 Å². The van der Waals surface area contributed by atoms with Gasteiger partial charge in [0.25, 0.3) is 0 Å². The van der Waals surface area contributed by atoms with Crippen LogP contribution >= 0.6 is 0 Å². The third-order valence-corrected chi connectivity index (χ3v) is 4.68. The minimum atomic E-state index is 0.194. The van der Waals surface area contributed by atoms with Crippen molar-refractivity contribution in [3.63, 3.8) is 0 Å². The summed E-state index contributed by atoms with van der Waals surface area (Å²) in [4.78, 5) is 11.8. The van der Waals surface area contributed by atoms with E-state index in [9.17, 15) is 4.79 Å². The molecule has 0 spiro atoms. The lowest BCUT2D eigenvalue weighted by molar-refractivity contribution is -0.121. The summed E-state index contributed by atoms with van der Waals surface area (Å²) < 4.78 is 5.86. The third-order valence-electron chi connectivity index (χ3n) is 4.68. The number of hydrogen-bond acceptors (Lipinski definition) is 3. The number of rotatable bonds is 8. The maximum absolute atomic E-state index is 11.8. The van der Waals surface area contributed by atoms with Crippen molar-refractivity contribution >= 4 is 5.91 Å². The first-order valence-electron chi connectivity index (χ1n) is 8.96. The highest BCUT2D eigenvalue weighted by atomic mass is 16.5. The lowest BCUT2D eigenvalue weighted by Crippen LogP contribution is -2.35. The van der Waals surface area contributed by atoms with E-state index in [1.807, 2.05) is 0 Å². The molecule has 0 aromatic carbocycles. The van der Waals surface area contributed by atoms with Gasteiger partial charge >= 0.3 is 0 Å². The normalized spacial score (nSPS) is 23.9. The smallest absolute Gasteiger partial charge is 0.220 e. The average molecular weight is 296 g/mol. The fraction of sp³-hybridized carbons (Fsp3) is 0.941. The van der Waals surface area contributed by atoms with Crippen molar-refractivity contribution in [2.24, 2.45) is 0 Å². The van der Waals surface area contributed by atoms with Gasteiger partial charge in [-0.3, -0.25) is 4.79 Å². The second kappa shape index (κ2) is 10.2. The highest BCUT2D eigenvalue weighted by Gasteiger charge is 2.14. The van der Waals surface area contributed by atoms with Crippen molar-refractivity contribution in [3.8, 4) is 0 Å². The van der Waals surface area contributed by atoms with Gasteiger partial charge in [0.05, 0.1) is 6.10 Å². The molecule has 1 saturated carbocycles. The van der Waals surface area contributed by atoms with Gasteiger partial charge in [-0.2, -0.15) is 0 Å². The molecule has 1 amide bonds. The molecule has 4 heteroatoms. The second-order valence-corrected chi connectivity index (χ2v) is 6.52. The third kappa shape index (κ3) is 7.28. The summed E-state index contributed by atoms with van der Waals surface area (Å²) >= 11 is 0. The SMILES string of the molecule is O=C(CCC1CCCCN1)NCCCOC1CCCCC1. The first-order valence-corrected chi connectivity index (χ1v) is 8.96.